The van der Waals surface area contributed by atoms with Crippen molar-refractivity contribution in [2.45, 2.75) is 13.8 Å². The van der Waals surface area contributed by atoms with Gasteiger partial charge < -0.3 is 10.1 Å². The van der Waals surface area contributed by atoms with Crippen LogP contribution in [0.1, 0.15) is 28.5 Å². The average Bonchev–Trinajstić information content (AvgIpc) is 2.55. The number of ether oxygens (including phenoxy) is 1. The number of hydrogen-bond acceptors (Lipinski definition) is 4. The second-order valence-electron chi connectivity index (χ2n) is 4.85. The highest BCUT2D eigenvalue weighted by molar-refractivity contribution is 6.04. The molecule has 1 aromatic carbocycles. The first-order valence-electron chi connectivity index (χ1n) is 7.27. The molecule has 0 bridgehead atoms. The molecular formula is C18H18N2O3. The summed E-state index contributed by atoms with van der Waals surface area (Å²) in [7, 11) is 0. The van der Waals surface area contributed by atoms with Gasteiger partial charge >= 0.3 is 5.97 Å². The number of carbonyl (C=O) groups is 2. The molecule has 118 valence electrons. The SMILES string of the molecule is CCOC(=O)/C=C/c1ccc(NC(=O)c2ccc(C)nc2)cc1. The van der Waals surface area contributed by atoms with Gasteiger partial charge in [0.2, 0.25) is 0 Å². The first kappa shape index (κ1) is 16.4. The molecule has 0 aliphatic carbocycles. The fourth-order valence-corrected chi connectivity index (χ4v) is 1.84. The second-order valence-corrected chi connectivity index (χ2v) is 4.85. The minimum atomic E-state index is -0.378. The van der Waals surface area contributed by atoms with Crippen LogP contribution in [-0.2, 0) is 9.53 Å². The molecule has 0 radical (unpaired) electrons. The van der Waals surface area contributed by atoms with Gasteiger partial charge in [-0.15, -0.1) is 0 Å². The van der Waals surface area contributed by atoms with Gasteiger partial charge in [0.15, 0.2) is 0 Å². The van der Waals surface area contributed by atoms with Gasteiger partial charge in [-0.3, -0.25) is 9.78 Å². The van der Waals surface area contributed by atoms with Gasteiger partial charge in [-0.1, -0.05) is 12.1 Å². The molecular weight excluding hydrogens is 292 g/mol. The van der Waals surface area contributed by atoms with E-state index in [0.717, 1.165) is 11.3 Å². The van der Waals surface area contributed by atoms with Crippen LogP contribution in [0.2, 0.25) is 0 Å². The molecule has 0 saturated carbocycles. The lowest BCUT2D eigenvalue weighted by Crippen LogP contribution is -2.12. The van der Waals surface area contributed by atoms with Crippen LogP contribution in [0.25, 0.3) is 6.08 Å². The number of aryl methyl sites for hydroxylation is 1. The Labute approximate surface area is 135 Å². The number of hydrogen-bond donors (Lipinski definition) is 1. The summed E-state index contributed by atoms with van der Waals surface area (Å²) in [6.45, 7) is 3.97. The van der Waals surface area contributed by atoms with E-state index < -0.39 is 0 Å². The van der Waals surface area contributed by atoms with Crippen LogP contribution in [0.15, 0.2) is 48.7 Å². The maximum Gasteiger partial charge on any atom is 0.330 e. The standard InChI is InChI=1S/C18H18N2O3/c1-3-23-17(21)11-7-14-5-9-16(10-6-14)20-18(22)15-8-4-13(2)19-12-15/h4-12H,3H2,1-2H3,(H,20,22)/b11-7+. The number of amides is 1. The monoisotopic (exact) mass is 310 g/mol. The summed E-state index contributed by atoms with van der Waals surface area (Å²) in [5.41, 5.74) is 2.87. The Morgan fingerprint density at radius 2 is 1.91 bits per heavy atom. The molecule has 0 spiro atoms. The zero-order chi connectivity index (χ0) is 16.7. The Kier molecular flexibility index (Phi) is 5.63. The largest absolute Gasteiger partial charge is 0.463 e. The van der Waals surface area contributed by atoms with Crippen LogP contribution >= 0.6 is 0 Å². The van der Waals surface area contributed by atoms with Crippen LogP contribution in [0.4, 0.5) is 5.69 Å². The second kappa shape index (κ2) is 7.89. The topological polar surface area (TPSA) is 68.3 Å². The predicted molar refractivity (Wildman–Crippen MR) is 89.0 cm³/mol. The summed E-state index contributed by atoms with van der Waals surface area (Å²) in [6, 6.07) is 10.7. The minimum Gasteiger partial charge on any atom is -0.463 e. The van der Waals surface area contributed by atoms with Crippen molar-refractivity contribution < 1.29 is 14.3 Å². The zero-order valence-corrected chi connectivity index (χ0v) is 13.1. The predicted octanol–water partition coefficient (Wildman–Crippen LogP) is 3.22. The van der Waals surface area contributed by atoms with Crippen LogP contribution < -0.4 is 5.32 Å². The molecule has 5 heteroatoms. The Balaban J connectivity index is 1.98. The third-order valence-corrected chi connectivity index (χ3v) is 3.04. The van der Waals surface area contributed by atoms with Gasteiger partial charge in [-0.05, 0) is 49.8 Å². The maximum absolute atomic E-state index is 12.1. The number of esters is 1. The molecule has 2 rings (SSSR count). The molecule has 0 saturated heterocycles. The van der Waals surface area contributed by atoms with Crippen LogP contribution in [0, 0.1) is 6.92 Å². The van der Waals surface area contributed by atoms with Gasteiger partial charge in [-0.2, -0.15) is 0 Å². The first-order valence-corrected chi connectivity index (χ1v) is 7.27. The minimum absolute atomic E-state index is 0.215. The molecule has 1 amide bonds. The van der Waals surface area contributed by atoms with E-state index in [4.69, 9.17) is 4.74 Å². The lowest BCUT2D eigenvalue weighted by molar-refractivity contribution is -0.137. The maximum atomic E-state index is 12.1. The smallest absolute Gasteiger partial charge is 0.330 e. The van der Waals surface area contributed by atoms with Crippen molar-refractivity contribution in [3.8, 4) is 0 Å². The Hall–Kier alpha value is -2.95. The van der Waals surface area contributed by atoms with Crippen LogP contribution in [0.5, 0.6) is 0 Å². The summed E-state index contributed by atoms with van der Waals surface area (Å²) >= 11 is 0. The quantitative estimate of drug-likeness (QED) is 0.680. The Morgan fingerprint density at radius 3 is 2.52 bits per heavy atom. The van der Waals surface area contributed by atoms with Crippen LogP contribution in [0.3, 0.4) is 0 Å². The van der Waals surface area contributed by atoms with Crippen LogP contribution in [-0.4, -0.2) is 23.5 Å². The van der Waals surface area contributed by atoms with E-state index in [1.165, 1.54) is 6.08 Å². The average molecular weight is 310 g/mol. The molecule has 0 aliphatic heterocycles. The number of carbonyl (C=O) groups excluding carboxylic acids is 2. The van der Waals surface area contributed by atoms with Crippen molar-refractivity contribution in [1.29, 1.82) is 0 Å². The summed E-state index contributed by atoms with van der Waals surface area (Å²) in [6.07, 6.45) is 4.57. The van der Waals surface area contributed by atoms with E-state index in [-0.39, 0.29) is 11.9 Å². The zero-order valence-electron chi connectivity index (χ0n) is 13.1. The number of nitrogens with one attached hydrogen (secondary N) is 1. The highest BCUT2D eigenvalue weighted by Crippen LogP contribution is 2.12. The number of aromatic nitrogens is 1. The number of anilines is 1. The highest BCUT2D eigenvalue weighted by atomic mass is 16.5. The lowest BCUT2D eigenvalue weighted by Gasteiger charge is -2.05. The van der Waals surface area contributed by atoms with Crippen molar-refractivity contribution in [2.24, 2.45) is 0 Å². The summed E-state index contributed by atoms with van der Waals surface area (Å²) < 4.78 is 4.81. The third kappa shape index (κ3) is 5.07. The molecule has 0 atom stereocenters. The van der Waals surface area contributed by atoms with Crippen molar-refractivity contribution in [1.82, 2.24) is 4.98 Å². The van der Waals surface area contributed by atoms with Crippen molar-refractivity contribution in [2.75, 3.05) is 11.9 Å². The first-order chi connectivity index (χ1) is 11.1. The molecule has 0 fully saturated rings. The van der Waals surface area contributed by atoms with Gasteiger partial charge in [0.25, 0.3) is 5.91 Å². The fraction of sp³-hybridized carbons (Fsp3) is 0.167. The molecule has 1 N–H and O–H groups in total. The number of rotatable bonds is 5. The summed E-state index contributed by atoms with van der Waals surface area (Å²) in [4.78, 5) is 27.4. The highest BCUT2D eigenvalue weighted by Gasteiger charge is 2.06. The van der Waals surface area contributed by atoms with E-state index >= 15 is 0 Å². The third-order valence-electron chi connectivity index (χ3n) is 3.04. The normalized spacial score (nSPS) is 10.5. The van der Waals surface area contributed by atoms with Gasteiger partial charge in [0, 0.05) is 23.7 Å². The van der Waals surface area contributed by atoms with Gasteiger partial charge in [0.05, 0.1) is 12.2 Å². The molecule has 1 aromatic heterocycles. The number of pyridine rings is 1. The van der Waals surface area contributed by atoms with Crippen molar-refractivity contribution >= 4 is 23.6 Å². The number of nitrogens with zero attached hydrogens (tertiary/aromatic N) is 1. The van der Waals surface area contributed by atoms with E-state index in [1.54, 1.807) is 55.6 Å². The molecule has 2 aromatic rings. The van der Waals surface area contributed by atoms with Crippen molar-refractivity contribution in [3.63, 3.8) is 0 Å². The fourth-order valence-electron chi connectivity index (χ4n) is 1.84. The lowest BCUT2D eigenvalue weighted by atomic mass is 10.2. The van der Waals surface area contributed by atoms with Crippen molar-refractivity contribution in [3.05, 3.63) is 65.5 Å². The molecule has 1 heterocycles. The van der Waals surface area contributed by atoms with E-state index in [9.17, 15) is 9.59 Å². The van der Waals surface area contributed by atoms with Gasteiger partial charge in [0.1, 0.15) is 0 Å². The Bertz CT molecular complexity index is 704. The molecule has 0 aliphatic rings. The molecule has 23 heavy (non-hydrogen) atoms. The number of benzene rings is 1. The van der Waals surface area contributed by atoms with E-state index in [2.05, 4.69) is 10.3 Å². The Morgan fingerprint density at radius 1 is 1.17 bits per heavy atom. The summed E-state index contributed by atoms with van der Waals surface area (Å²) in [5, 5.41) is 2.80. The van der Waals surface area contributed by atoms with E-state index in [1.807, 2.05) is 6.92 Å². The van der Waals surface area contributed by atoms with E-state index in [0.29, 0.717) is 17.9 Å². The van der Waals surface area contributed by atoms with Gasteiger partial charge in [-0.25, -0.2) is 4.79 Å². The molecule has 5 nitrogen and oxygen atoms in total. The molecule has 0 unspecified atom stereocenters. The summed E-state index contributed by atoms with van der Waals surface area (Å²) in [5.74, 6) is -0.593.